The second kappa shape index (κ2) is 3.30. The SMILES string of the molecule is OCC1(F)CCCOCC1. The van der Waals surface area contributed by atoms with Crippen molar-refractivity contribution in [2.24, 2.45) is 0 Å². The molecule has 0 radical (unpaired) electrons. The minimum Gasteiger partial charge on any atom is -0.393 e. The van der Waals surface area contributed by atoms with Gasteiger partial charge in [-0.05, 0) is 12.8 Å². The van der Waals surface area contributed by atoms with Gasteiger partial charge in [-0.15, -0.1) is 0 Å². The summed E-state index contributed by atoms with van der Waals surface area (Å²) in [5.41, 5.74) is -1.36. The van der Waals surface area contributed by atoms with Gasteiger partial charge < -0.3 is 9.84 Å². The number of aliphatic hydroxyl groups excluding tert-OH is 1. The number of halogens is 1. The fourth-order valence-electron chi connectivity index (χ4n) is 1.13. The molecule has 0 aromatic heterocycles. The highest BCUT2D eigenvalue weighted by molar-refractivity contribution is 4.79. The molecule has 60 valence electrons. The predicted octanol–water partition coefficient (Wildman–Crippen LogP) is 0.888. The van der Waals surface area contributed by atoms with Gasteiger partial charge in [-0.1, -0.05) is 0 Å². The molecule has 1 saturated heterocycles. The van der Waals surface area contributed by atoms with Crippen LogP contribution >= 0.6 is 0 Å². The molecule has 1 atom stereocenters. The van der Waals surface area contributed by atoms with Gasteiger partial charge in [0.25, 0.3) is 0 Å². The standard InChI is InChI=1S/C7H13FO2/c8-7(6-9)2-1-4-10-5-3-7/h9H,1-6H2. The van der Waals surface area contributed by atoms with Crippen molar-refractivity contribution in [1.29, 1.82) is 0 Å². The Morgan fingerprint density at radius 2 is 2.20 bits per heavy atom. The van der Waals surface area contributed by atoms with Crippen molar-refractivity contribution in [3.63, 3.8) is 0 Å². The van der Waals surface area contributed by atoms with Crippen LogP contribution in [0, 0.1) is 0 Å². The zero-order valence-corrected chi connectivity index (χ0v) is 5.98. The topological polar surface area (TPSA) is 29.5 Å². The Bertz CT molecular complexity index is 97.8. The molecule has 0 aromatic rings. The summed E-state index contributed by atoms with van der Waals surface area (Å²) in [7, 11) is 0. The summed E-state index contributed by atoms with van der Waals surface area (Å²) >= 11 is 0. The molecule has 1 aliphatic rings. The van der Waals surface area contributed by atoms with Crippen molar-refractivity contribution < 1.29 is 14.2 Å². The van der Waals surface area contributed by atoms with Crippen LogP contribution in [0.25, 0.3) is 0 Å². The van der Waals surface area contributed by atoms with Crippen LogP contribution in [0.2, 0.25) is 0 Å². The van der Waals surface area contributed by atoms with Gasteiger partial charge in [0.15, 0.2) is 0 Å². The number of alkyl halides is 1. The minimum atomic E-state index is -1.36. The second-order valence-electron chi connectivity index (χ2n) is 2.77. The lowest BCUT2D eigenvalue weighted by atomic mass is 9.98. The molecule has 1 heterocycles. The maximum absolute atomic E-state index is 13.2. The van der Waals surface area contributed by atoms with E-state index in [1.54, 1.807) is 0 Å². The molecule has 0 aromatic carbocycles. The molecule has 1 aliphatic heterocycles. The van der Waals surface area contributed by atoms with Crippen molar-refractivity contribution in [2.75, 3.05) is 19.8 Å². The van der Waals surface area contributed by atoms with Gasteiger partial charge in [0, 0.05) is 19.6 Å². The average Bonchev–Trinajstić information content (AvgIpc) is 2.15. The van der Waals surface area contributed by atoms with E-state index in [0.717, 1.165) is 6.42 Å². The van der Waals surface area contributed by atoms with E-state index in [1.807, 2.05) is 0 Å². The number of aliphatic hydroxyl groups is 1. The normalized spacial score (nSPS) is 35.4. The van der Waals surface area contributed by atoms with Gasteiger partial charge in [0.05, 0.1) is 6.61 Å². The first-order valence-corrected chi connectivity index (χ1v) is 3.64. The fourth-order valence-corrected chi connectivity index (χ4v) is 1.13. The second-order valence-corrected chi connectivity index (χ2v) is 2.77. The molecule has 0 saturated carbocycles. The van der Waals surface area contributed by atoms with E-state index in [2.05, 4.69) is 0 Å². The van der Waals surface area contributed by atoms with Gasteiger partial charge in [0.2, 0.25) is 0 Å². The third-order valence-electron chi connectivity index (χ3n) is 1.89. The zero-order chi connectivity index (χ0) is 7.45. The first kappa shape index (κ1) is 7.95. The van der Waals surface area contributed by atoms with E-state index in [0.29, 0.717) is 26.1 Å². The molecule has 1 fully saturated rings. The molecule has 0 amide bonds. The van der Waals surface area contributed by atoms with E-state index in [9.17, 15) is 4.39 Å². The van der Waals surface area contributed by atoms with Crippen LogP contribution in [0.5, 0.6) is 0 Å². The Hall–Kier alpha value is -0.150. The molecular weight excluding hydrogens is 135 g/mol. The zero-order valence-electron chi connectivity index (χ0n) is 5.98. The Morgan fingerprint density at radius 1 is 1.40 bits per heavy atom. The van der Waals surface area contributed by atoms with E-state index < -0.39 is 5.67 Å². The van der Waals surface area contributed by atoms with Crippen molar-refractivity contribution in [3.8, 4) is 0 Å². The van der Waals surface area contributed by atoms with Gasteiger partial charge >= 0.3 is 0 Å². The van der Waals surface area contributed by atoms with Gasteiger partial charge in [0.1, 0.15) is 5.67 Å². The maximum Gasteiger partial charge on any atom is 0.136 e. The number of rotatable bonds is 1. The van der Waals surface area contributed by atoms with Crippen LogP contribution in [0.3, 0.4) is 0 Å². The number of hydrogen-bond acceptors (Lipinski definition) is 2. The van der Waals surface area contributed by atoms with Gasteiger partial charge in [-0.25, -0.2) is 4.39 Å². The molecule has 0 aliphatic carbocycles. The van der Waals surface area contributed by atoms with E-state index in [4.69, 9.17) is 9.84 Å². The Labute approximate surface area is 60.0 Å². The molecule has 1 rings (SSSR count). The van der Waals surface area contributed by atoms with Crippen LogP contribution in [0.15, 0.2) is 0 Å². The smallest absolute Gasteiger partial charge is 0.136 e. The lowest BCUT2D eigenvalue weighted by Crippen LogP contribution is -2.27. The minimum absolute atomic E-state index is 0.337. The van der Waals surface area contributed by atoms with E-state index in [-0.39, 0.29) is 6.61 Å². The fraction of sp³-hybridized carbons (Fsp3) is 1.00. The number of hydrogen-bond donors (Lipinski definition) is 1. The van der Waals surface area contributed by atoms with Crippen molar-refractivity contribution >= 4 is 0 Å². The highest BCUT2D eigenvalue weighted by Crippen LogP contribution is 2.24. The van der Waals surface area contributed by atoms with Crippen LogP contribution in [0.4, 0.5) is 4.39 Å². The lowest BCUT2D eigenvalue weighted by Gasteiger charge is -2.18. The predicted molar refractivity (Wildman–Crippen MR) is 35.6 cm³/mol. The van der Waals surface area contributed by atoms with Crippen molar-refractivity contribution in [2.45, 2.75) is 24.9 Å². The summed E-state index contributed by atoms with van der Waals surface area (Å²) < 4.78 is 18.3. The van der Waals surface area contributed by atoms with Crippen molar-refractivity contribution in [1.82, 2.24) is 0 Å². The quantitative estimate of drug-likeness (QED) is 0.598. The largest absolute Gasteiger partial charge is 0.393 e. The summed E-state index contributed by atoms with van der Waals surface area (Å²) in [6, 6.07) is 0. The lowest BCUT2D eigenvalue weighted by molar-refractivity contribution is 0.0482. The Balaban J connectivity index is 2.41. The summed E-state index contributed by atoms with van der Waals surface area (Å²) in [4.78, 5) is 0. The molecule has 2 nitrogen and oxygen atoms in total. The highest BCUT2D eigenvalue weighted by atomic mass is 19.1. The van der Waals surface area contributed by atoms with E-state index in [1.165, 1.54) is 0 Å². The summed E-state index contributed by atoms with van der Waals surface area (Å²) in [5, 5.41) is 8.64. The monoisotopic (exact) mass is 148 g/mol. The first-order valence-electron chi connectivity index (χ1n) is 3.64. The van der Waals surface area contributed by atoms with E-state index >= 15 is 0 Å². The first-order chi connectivity index (χ1) is 4.77. The summed E-state index contributed by atoms with van der Waals surface area (Å²) in [6.45, 7) is 0.707. The van der Waals surface area contributed by atoms with Crippen LogP contribution in [-0.4, -0.2) is 30.6 Å². The summed E-state index contributed by atoms with van der Waals surface area (Å²) in [5.74, 6) is 0. The third-order valence-corrected chi connectivity index (χ3v) is 1.89. The van der Waals surface area contributed by atoms with Crippen LogP contribution in [-0.2, 0) is 4.74 Å². The van der Waals surface area contributed by atoms with Gasteiger partial charge in [-0.3, -0.25) is 0 Å². The molecule has 3 heteroatoms. The summed E-state index contributed by atoms with van der Waals surface area (Å²) in [6.07, 6.45) is 1.49. The molecule has 1 N–H and O–H groups in total. The van der Waals surface area contributed by atoms with Crippen LogP contribution in [0.1, 0.15) is 19.3 Å². The molecule has 0 bridgehead atoms. The average molecular weight is 148 g/mol. The molecule has 10 heavy (non-hydrogen) atoms. The van der Waals surface area contributed by atoms with Crippen LogP contribution < -0.4 is 0 Å². The molecule has 0 spiro atoms. The third kappa shape index (κ3) is 1.92. The highest BCUT2D eigenvalue weighted by Gasteiger charge is 2.29. The Morgan fingerprint density at radius 3 is 2.90 bits per heavy atom. The molecule has 1 unspecified atom stereocenters. The Kier molecular flexibility index (Phi) is 2.63. The maximum atomic E-state index is 13.2. The number of ether oxygens (including phenoxy) is 1. The van der Waals surface area contributed by atoms with Crippen molar-refractivity contribution in [3.05, 3.63) is 0 Å². The van der Waals surface area contributed by atoms with Gasteiger partial charge in [-0.2, -0.15) is 0 Å². The molecular formula is C7H13FO2.